The van der Waals surface area contributed by atoms with Crippen molar-refractivity contribution in [3.8, 4) is 0 Å². The number of hydrogen-bond acceptors (Lipinski definition) is 2. The highest BCUT2D eigenvalue weighted by molar-refractivity contribution is 5.40. The van der Waals surface area contributed by atoms with Crippen LogP contribution >= 0.6 is 0 Å². The van der Waals surface area contributed by atoms with Crippen LogP contribution in [0.2, 0.25) is 0 Å². The maximum absolute atomic E-state index is 9.68. The zero-order chi connectivity index (χ0) is 13.8. The highest BCUT2D eigenvalue weighted by atomic mass is 16.3. The molecule has 100 valence electrons. The van der Waals surface area contributed by atoms with E-state index < -0.39 is 0 Å². The molecule has 1 aromatic carbocycles. The Balaban J connectivity index is 2.40. The fourth-order valence-electron chi connectivity index (χ4n) is 2.46. The first-order valence-corrected chi connectivity index (χ1v) is 6.74. The number of benzene rings is 1. The van der Waals surface area contributed by atoms with Crippen molar-refractivity contribution in [3.05, 3.63) is 64.5 Å². The topological polar surface area (TPSA) is 33.1 Å². The Morgan fingerprint density at radius 3 is 2.58 bits per heavy atom. The van der Waals surface area contributed by atoms with Crippen LogP contribution in [0, 0.1) is 6.92 Å². The van der Waals surface area contributed by atoms with Crippen molar-refractivity contribution in [1.82, 2.24) is 4.98 Å². The Kier molecular flexibility index (Phi) is 4.33. The lowest BCUT2D eigenvalue weighted by Crippen LogP contribution is -2.03. The molecular formula is C17H21NO. The van der Waals surface area contributed by atoms with Gasteiger partial charge in [0.05, 0.1) is 6.61 Å². The van der Waals surface area contributed by atoms with Gasteiger partial charge in [-0.15, -0.1) is 0 Å². The summed E-state index contributed by atoms with van der Waals surface area (Å²) in [5.74, 6) is 0.431. The van der Waals surface area contributed by atoms with Crippen molar-refractivity contribution in [2.75, 3.05) is 0 Å². The van der Waals surface area contributed by atoms with E-state index in [1.165, 1.54) is 22.3 Å². The molecule has 0 unspecified atom stereocenters. The number of aliphatic hydroxyl groups is 1. The second-order valence-corrected chi connectivity index (χ2v) is 5.28. The van der Waals surface area contributed by atoms with Gasteiger partial charge in [0.15, 0.2) is 0 Å². The maximum Gasteiger partial charge on any atom is 0.0687 e. The lowest BCUT2D eigenvalue weighted by Gasteiger charge is -2.16. The fraction of sp³-hybridized carbons (Fsp3) is 0.353. The van der Waals surface area contributed by atoms with Crippen LogP contribution in [0.25, 0.3) is 0 Å². The molecule has 1 N–H and O–H groups in total. The Hall–Kier alpha value is -1.67. The second kappa shape index (κ2) is 5.98. The molecule has 0 aliphatic carbocycles. The second-order valence-electron chi connectivity index (χ2n) is 5.28. The SMILES string of the molecule is Cc1cnccc1Cc1cccc(C(C)C)c1CO. The third-order valence-corrected chi connectivity index (χ3v) is 3.61. The zero-order valence-corrected chi connectivity index (χ0v) is 11.9. The van der Waals surface area contributed by atoms with Gasteiger partial charge in [0.25, 0.3) is 0 Å². The lowest BCUT2D eigenvalue weighted by molar-refractivity contribution is 0.279. The summed E-state index contributed by atoms with van der Waals surface area (Å²) in [6.45, 7) is 6.51. The smallest absolute Gasteiger partial charge is 0.0687 e. The molecule has 0 aliphatic rings. The third kappa shape index (κ3) is 3.02. The van der Waals surface area contributed by atoms with Crippen LogP contribution in [0.1, 0.15) is 47.6 Å². The Morgan fingerprint density at radius 2 is 1.95 bits per heavy atom. The van der Waals surface area contributed by atoms with Gasteiger partial charge in [-0.05, 0) is 53.1 Å². The molecular weight excluding hydrogens is 234 g/mol. The molecule has 1 aromatic heterocycles. The number of nitrogens with zero attached hydrogens (tertiary/aromatic N) is 1. The monoisotopic (exact) mass is 255 g/mol. The average Bonchev–Trinajstić information content (AvgIpc) is 2.41. The summed E-state index contributed by atoms with van der Waals surface area (Å²) in [6, 6.07) is 8.36. The van der Waals surface area contributed by atoms with Gasteiger partial charge in [-0.2, -0.15) is 0 Å². The Bertz CT molecular complexity index is 561. The predicted octanol–water partition coefficient (Wildman–Crippen LogP) is 3.60. The number of aliphatic hydroxyl groups excluding tert-OH is 1. The minimum atomic E-state index is 0.105. The van der Waals surface area contributed by atoms with E-state index in [1.807, 2.05) is 12.4 Å². The molecule has 0 saturated heterocycles. The fourth-order valence-corrected chi connectivity index (χ4v) is 2.46. The van der Waals surface area contributed by atoms with Crippen LogP contribution in [0.3, 0.4) is 0 Å². The summed E-state index contributed by atoms with van der Waals surface area (Å²) in [7, 11) is 0. The number of aromatic nitrogens is 1. The van der Waals surface area contributed by atoms with E-state index in [0.29, 0.717) is 5.92 Å². The summed E-state index contributed by atoms with van der Waals surface area (Å²) in [5.41, 5.74) is 6.00. The third-order valence-electron chi connectivity index (χ3n) is 3.61. The molecule has 19 heavy (non-hydrogen) atoms. The molecule has 0 spiro atoms. The van der Waals surface area contributed by atoms with Crippen molar-refractivity contribution < 1.29 is 5.11 Å². The van der Waals surface area contributed by atoms with Crippen LogP contribution in [0.5, 0.6) is 0 Å². The molecule has 0 aliphatic heterocycles. The van der Waals surface area contributed by atoms with Crippen molar-refractivity contribution in [2.24, 2.45) is 0 Å². The number of pyridine rings is 1. The van der Waals surface area contributed by atoms with Gasteiger partial charge in [0, 0.05) is 12.4 Å². The molecule has 2 rings (SSSR count). The summed E-state index contributed by atoms with van der Waals surface area (Å²) in [5, 5.41) is 9.68. The van der Waals surface area contributed by atoms with Gasteiger partial charge in [-0.25, -0.2) is 0 Å². The first-order valence-electron chi connectivity index (χ1n) is 6.74. The van der Waals surface area contributed by atoms with E-state index >= 15 is 0 Å². The minimum absolute atomic E-state index is 0.105. The molecule has 1 heterocycles. The number of aryl methyl sites for hydroxylation is 1. The van der Waals surface area contributed by atoms with Gasteiger partial charge < -0.3 is 5.11 Å². The Morgan fingerprint density at radius 1 is 1.16 bits per heavy atom. The zero-order valence-electron chi connectivity index (χ0n) is 11.9. The van der Waals surface area contributed by atoms with Crippen LogP contribution < -0.4 is 0 Å². The van der Waals surface area contributed by atoms with Crippen molar-refractivity contribution >= 4 is 0 Å². The summed E-state index contributed by atoms with van der Waals surface area (Å²) in [4.78, 5) is 4.13. The van der Waals surface area contributed by atoms with Crippen LogP contribution in [-0.4, -0.2) is 10.1 Å². The van der Waals surface area contributed by atoms with E-state index in [2.05, 4.69) is 50.0 Å². The first-order chi connectivity index (χ1) is 9.13. The molecule has 0 atom stereocenters. The van der Waals surface area contributed by atoms with Crippen molar-refractivity contribution in [1.29, 1.82) is 0 Å². The van der Waals surface area contributed by atoms with E-state index in [0.717, 1.165) is 12.0 Å². The van der Waals surface area contributed by atoms with Gasteiger partial charge in [-0.3, -0.25) is 4.98 Å². The van der Waals surface area contributed by atoms with Crippen molar-refractivity contribution in [2.45, 2.75) is 39.7 Å². The molecule has 2 nitrogen and oxygen atoms in total. The highest BCUT2D eigenvalue weighted by Crippen LogP contribution is 2.25. The largest absolute Gasteiger partial charge is 0.392 e. The molecule has 0 saturated carbocycles. The Labute approximate surface area is 115 Å². The van der Waals surface area contributed by atoms with Crippen molar-refractivity contribution in [3.63, 3.8) is 0 Å². The van der Waals surface area contributed by atoms with Crippen LogP contribution in [0.15, 0.2) is 36.7 Å². The number of rotatable bonds is 4. The van der Waals surface area contributed by atoms with Gasteiger partial charge in [-0.1, -0.05) is 32.0 Å². The summed E-state index contributed by atoms with van der Waals surface area (Å²) in [6.07, 6.45) is 4.57. The first kappa shape index (κ1) is 13.8. The normalized spacial score (nSPS) is 11.0. The quantitative estimate of drug-likeness (QED) is 0.905. The average molecular weight is 255 g/mol. The van der Waals surface area contributed by atoms with E-state index in [9.17, 15) is 5.11 Å². The molecule has 2 aromatic rings. The molecule has 0 radical (unpaired) electrons. The van der Waals surface area contributed by atoms with E-state index in [1.54, 1.807) is 0 Å². The van der Waals surface area contributed by atoms with E-state index in [-0.39, 0.29) is 6.61 Å². The maximum atomic E-state index is 9.68. The van der Waals surface area contributed by atoms with E-state index in [4.69, 9.17) is 0 Å². The van der Waals surface area contributed by atoms with Crippen LogP contribution in [0.4, 0.5) is 0 Å². The molecule has 2 heteroatoms. The molecule has 0 bridgehead atoms. The van der Waals surface area contributed by atoms with Gasteiger partial charge in [0.2, 0.25) is 0 Å². The summed E-state index contributed by atoms with van der Waals surface area (Å²) < 4.78 is 0. The van der Waals surface area contributed by atoms with Gasteiger partial charge in [0.1, 0.15) is 0 Å². The van der Waals surface area contributed by atoms with Crippen LogP contribution in [-0.2, 0) is 13.0 Å². The molecule has 0 fully saturated rings. The molecule has 0 amide bonds. The summed E-state index contributed by atoms with van der Waals surface area (Å²) >= 11 is 0. The number of hydrogen-bond donors (Lipinski definition) is 1. The lowest BCUT2D eigenvalue weighted by atomic mass is 9.90. The minimum Gasteiger partial charge on any atom is -0.392 e. The highest BCUT2D eigenvalue weighted by Gasteiger charge is 2.11. The van der Waals surface area contributed by atoms with Gasteiger partial charge >= 0.3 is 0 Å². The predicted molar refractivity (Wildman–Crippen MR) is 78.2 cm³/mol. The standard InChI is InChI=1S/C17H21NO/c1-12(2)16-6-4-5-15(17(16)11-19)9-14-7-8-18-10-13(14)3/h4-8,10,12,19H,9,11H2,1-3H3.